The van der Waals surface area contributed by atoms with Crippen molar-refractivity contribution in [2.45, 2.75) is 12.5 Å². The van der Waals surface area contributed by atoms with E-state index in [1.54, 1.807) is 12.1 Å². The van der Waals surface area contributed by atoms with E-state index in [1.165, 1.54) is 12.1 Å². The summed E-state index contributed by atoms with van der Waals surface area (Å²) < 4.78 is 19.0. The highest BCUT2D eigenvalue weighted by molar-refractivity contribution is 5.73. The van der Waals surface area contributed by atoms with Gasteiger partial charge in [0.05, 0.1) is 12.7 Å². The van der Waals surface area contributed by atoms with E-state index in [2.05, 4.69) is 10.6 Å². The summed E-state index contributed by atoms with van der Waals surface area (Å²) in [6.45, 7) is 0.865. The number of aliphatic hydroxyl groups is 1. The van der Waals surface area contributed by atoms with Crippen molar-refractivity contribution >= 4 is 6.03 Å². The highest BCUT2D eigenvalue weighted by Gasteiger charge is 2.12. The molecule has 128 valence electrons. The lowest BCUT2D eigenvalue weighted by molar-refractivity contribution is 0.169. The number of benzene rings is 2. The topological polar surface area (TPSA) is 70.6 Å². The van der Waals surface area contributed by atoms with Crippen molar-refractivity contribution in [2.24, 2.45) is 0 Å². The molecule has 2 aromatic rings. The molecule has 0 spiro atoms. The Bertz CT molecular complexity index is 637. The molecular formula is C18H21FN2O3. The number of hydrogen-bond donors (Lipinski definition) is 3. The molecule has 0 radical (unpaired) electrons. The number of aliphatic hydroxyl groups excluding tert-OH is 1. The highest BCUT2D eigenvalue weighted by Crippen LogP contribution is 2.15. The number of amides is 2. The van der Waals surface area contributed by atoms with E-state index in [4.69, 9.17) is 4.74 Å². The maximum atomic E-state index is 13.5. The summed E-state index contributed by atoms with van der Waals surface area (Å²) in [5.74, 6) is 0.292. The largest absolute Gasteiger partial charge is 0.494 e. The van der Waals surface area contributed by atoms with Gasteiger partial charge in [-0.15, -0.1) is 0 Å². The Morgan fingerprint density at radius 3 is 2.54 bits per heavy atom. The van der Waals surface area contributed by atoms with Crippen LogP contribution in [-0.2, 0) is 0 Å². The first kappa shape index (κ1) is 17.7. The molecule has 24 heavy (non-hydrogen) atoms. The minimum atomic E-state index is -1.08. The number of ether oxygens (including phenoxy) is 1. The van der Waals surface area contributed by atoms with Crippen LogP contribution in [0.15, 0.2) is 54.6 Å². The molecule has 0 aliphatic heterocycles. The van der Waals surface area contributed by atoms with Gasteiger partial charge >= 0.3 is 6.03 Å². The number of rotatable bonds is 8. The van der Waals surface area contributed by atoms with E-state index in [-0.39, 0.29) is 12.1 Å². The van der Waals surface area contributed by atoms with Crippen molar-refractivity contribution < 1.29 is 19.0 Å². The molecule has 0 fully saturated rings. The molecule has 1 unspecified atom stereocenters. The van der Waals surface area contributed by atoms with Crippen LogP contribution in [0.3, 0.4) is 0 Å². The molecule has 0 saturated carbocycles. The lowest BCUT2D eigenvalue weighted by Gasteiger charge is -2.13. The molecule has 0 saturated heterocycles. The monoisotopic (exact) mass is 332 g/mol. The van der Waals surface area contributed by atoms with Gasteiger partial charge in [0.1, 0.15) is 11.6 Å². The van der Waals surface area contributed by atoms with Crippen LogP contribution >= 0.6 is 0 Å². The van der Waals surface area contributed by atoms with Crippen LogP contribution in [0, 0.1) is 5.82 Å². The van der Waals surface area contributed by atoms with Gasteiger partial charge in [0.15, 0.2) is 0 Å². The third-order valence-electron chi connectivity index (χ3n) is 3.34. The number of halogens is 1. The number of para-hydroxylation sites is 1. The van der Waals surface area contributed by atoms with Gasteiger partial charge < -0.3 is 20.5 Å². The van der Waals surface area contributed by atoms with E-state index in [0.29, 0.717) is 19.6 Å². The van der Waals surface area contributed by atoms with Gasteiger partial charge in [-0.05, 0) is 24.6 Å². The molecule has 5 nitrogen and oxygen atoms in total. The molecule has 0 bridgehead atoms. The lowest BCUT2D eigenvalue weighted by atomic mass is 10.1. The zero-order chi connectivity index (χ0) is 17.2. The van der Waals surface area contributed by atoms with E-state index >= 15 is 0 Å². The predicted molar refractivity (Wildman–Crippen MR) is 89.3 cm³/mol. The first-order valence-corrected chi connectivity index (χ1v) is 7.79. The van der Waals surface area contributed by atoms with Crippen LogP contribution in [0.1, 0.15) is 18.1 Å². The van der Waals surface area contributed by atoms with Crippen molar-refractivity contribution in [3.8, 4) is 5.75 Å². The fourth-order valence-electron chi connectivity index (χ4n) is 2.09. The normalized spacial score (nSPS) is 11.6. The molecular weight excluding hydrogens is 311 g/mol. The molecule has 1 atom stereocenters. The van der Waals surface area contributed by atoms with Gasteiger partial charge in [0, 0.05) is 18.7 Å². The summed E-state index contributed by atoms with van der Waals surface area (Å²) >= 11 is 0. The summed E-state index contributed by atoms with van der Waals surface area (Å²) in [7, 11) is 0. The average molecular weight is 332 g/mol. The quantitative estimate of drug-likeness (QED) is 0.651. The Labute approximate surface area is 140 Å². The second kappa shape index (κ2) is 9.52. The molecule has 0 aliphatic rings. The maximum Gasteiger partial charge on any atom is 0.314 e. The molecule has 6 heteroatoms. The van der Waals surface area contributed by atoms with Crippen LogP contribution in [0.2, 0.25) is 0 Å². The van der Waals surface area contributed by atoms with Crippen LogP contribution in [0.4, 0.5) is 9.18 Å². The number of urea groups is 1. The fraction of sp³-hybridized carbons (Fsp3) is 0.278. The van der Waals surface area contributed by atoms with E-state index in [9.17, 15) is 14.3 Å². The van der Waals surface area contributed by atoms with Crippen molar-refractivity contribution in [3.63, 3.8) is 0 Å². The number of carbonyl (C=O) groups excluding carboxylic acids is 1. The molecule has 2 amide bonds. The molecule has 0 aromatic heterocycles. The molecule has 3 N–H and O–H groups in total. The standard InChI is InChI=1S/C18H21FN2O3/c19-16-10-5-4-9-15(16)17(22)13-21-18(23)20-11-6-12-24-14-7-2-1-3-8-14/h1-5,7-10,17,22H,6,11-13H2,(H2,20,21,23). The van der Waals surface area contributed by atoms with Crippen molar-refractivity contribution in [1.82, 2.24) is 10.6 Å². The Morgan fingerprint density at radius 2 is 1.79 bits per heavy atom. The molecule has 0 aliphatic carbocycles. The molecule has 2 aromatic carbocycles. The number of hydrogen-bond acceptors (Lipinski definition) is 3. The van der Waals surface area contributed by atoms with E-state index in [0.717, 1.165) is 5.75 Å². The summed E-state index contributed by atoms with van der Waals surface area (Å²) in [6.07, 6.45) is -0.434. The highest BCUT2D eigenvalue weighted by atomic mass is 19.1. The number of carbonyl (C=O) groups is 1. The van der Waals surface area contributed by atoms with Gasteiger partial charge in [-0.3, -0.25) is 0 Å². The third-order valence-corrected chi connectivity index (χ3v) is 3.34. The third kappa shape index (κ3) is 5.89. The second-order valence-corrected chi connectivity index (χ2v) is 5.19. The van der Waals surface area contributed by atoms with Crippen LogP contribution in [-0.4, -0.2) is 30.8 Å². The SMILES string of the molecule is O=C(NCCCOc1ccccc1)NCC(O)c1ccccc1F. The van der Waals surface area contributed by atoms with Gasteiger partial charge in [0.2, 0.25) is 0 Å². The number of nitrogens with one attached hydrogen (secondary N) is 2. The summed E-state index contributed by atoms with van der Waals surface area (Å²) in [5.41, 5.74) is 0.161. The minimum Gasteiger partial charge on any atom is -0.494 e. The Hall–Kier alpha value is -2.60. The van der Waals surface area contributed by atoms with Crippen molar-refractivity contribution in [1.29, 1.82) is 0 Å². The average Bonchev–Trinajstić information content (AvgIpc) is 2.60. The van der Waals surface area contributed by atoms with Gasteiger partial charge in [-0.1, -0.05) is 36.4 Å². The minimum absolute atomic E-state index is 0.0622. The van der Waals surface area contributed by atoms with Crippen molar-refractivity contribution in [3.05, 3.63) is 66.0 Å². The maximum absolute atomic E-state index is 13.5. The summed E-state index contributed by atoms with van der Waals surface area (Å²) in [4.78, 5) is 11.6. The first-order valence-electron chi connectivity index (χ1n) is 7.79. The molecule has 2 rings (SSSR count). The second-order valence-electron chi connectivity index (χ2n) is 5.19. The van der Waals surface area contributed by atoms with Gasteiger partial charge in [-0.2, -0.15) is 0 Å². The van der Waals surface area contributed by atoms with E-state index in [1.807, 2.05) is 30.3 Å². The predicted octanol–water partition coefficient (Wildman–Crippen LogP) is 2.63. The van der Waals surface area contributed by atoms with E-state index < -0.39 is 18.0 Å². The summed E-state index contributed by atoms with van der Waals surface area (Å²) in [5, 5.41) is 15.0. The zero-order valence-corrected chi connectivity index (χ0v) is 13.2. The van der Waals surface area contributed by atoms with Crippen LogP contribution in [0.5, 0.6) is 5.75 Å². The Morgan fingerprint density at radius 1 is 1.08 bits per heavy atom. The first-order chi connectivity index (χ1) is 11.7. The Balaban J connectivity index is 1.59. The van der Waals surface area contributed by atoms with Gasteiger partial charge in [0.25, 0.3) is 0 Å². The lowest BCUT2D eigenvalue weighted by Crippen LogP contribution is -2.38. The van der Waals surface area contributed by atoms with Crippen LogP contribution in [0.25, 0.3) is 0 Å². The fourth-order valence-corrected chi connectivity index (χ4v) is 2.09. The van der Waals surface area contributed by atoms with Crippen LogP contribution < -0.4 is 15.4 Å². The van der Waals surface area contributed by atoms with Gasteiger partial charge in [-0.25, -0.2) is 9.18 Å². The van der Waals surface area contributed by atoms with Crippen molar-refractivity contribution in [2.75, 3.05) is 19.7 Å². The Kier molecular flexibility index (Phi) is 7.04. The zero-order valence-electron chi connectivity index (χ0n) is 13.2. The smallest absolute Gasteiger partial charge is 0.314 e. The molecule has 0 heterocycles. The summed E-state index contributed by atoms with van der Waals surface area (Å²) in [6, 6.07) is 14.9.